The van der Waals surface area contributed by atoms with Gasteiger partial charge in [0.1, 0.15) is 0 Å². The summed E-state index contributed by atoms with van der Waals surface area (Å²) in [5, 5.41) is 0. The molecule has 2 aromatic heterocycles. The topological polar surface area (TPSA) is 22.2 Å². The van der Waals surface area contributed by atoms with E-state index in [1.54, 1.807) is 0 Å². The molecule has 3 nitrogen and oxygen atoms in total. The van der Waals surface area contributed by atoms with Crippen LogP contribution in [0.3, 0.4) is 0 Å². The van der Waals surface area contributed by atoms with Gasteiger partial charge in [0.05, 0.1) is 22.1 Å². The van der Waals surface area contributed by atoms with Crippen molar-refractivity contribution in [3.8, 4) is 22.3 Å². The first-order valence-electron chi connectivity index (χ1n) is 12.4. The lowest BCUT2D eigenvalue weighted by molar-refractivity contribution is 0.419. The molecule has 0 fully saturated rings. The van der Waals surface area contributed by atoms with E-state index in [4.69, 9.17) is 4.98 Å². The average Bonchev–Trinajstić information content (AvgIpc) is 3.44. The second-order valence-electron chi connectivity index (χ2n) is 11.3. The van der Waals surface area contributed by atoms with Crippen molar-refractivity contribution >= 4 is 27.8 Å². The Hall–Kier alpha value is -3.85. The first-order chi connectivity index (χ1) is 16.8. The summed E-state index contributed by atoms with van der Waals surface area (Å²) >= 11 is 0. The number of hydrogen-bond donors (Lipinski definition) is 0. The zero-order valence-electron chi connectivity index (χ0n) is 20.9. The van der Waals surface area contributed by atoms with E-state index in [9.17, 15) is 0 Å². The Bertz CT molecular complexity index is 1800. The molecule has 0 spiro atoms. The number of nitrogens with zero attached hydrogens (tertiary/aromatic N) is 3. The van der Waals surface area contributed by atoms with Gasteiger partial charge in [-0.1, -0.05) is 74.5 Å². The molecule has 0 amide bonds. The first kappa shape index (κ1) is 20.5. The van der Waals surface area contributed by atoms with Crippen LogP contribution >= 0.6 is 0 Å². The summed E-state index contributed by atoms with van der Waals surface area (Å²) < 4.78 is 4.71. The van der Waals surface area contributed by atoms with Crippen molar-refractivity contribution in [1.82, 2.24) is 14.0 Å². The van der Waals surface area contributed by atoms with Crippen LogP contribution in [0.1, 0.15) is 45.7 Å². The van der Waals surface area contributed by atoms with E-state index in [0.29, 0.717) is 0 Å². The molecule has 0 N–H and O–H groups in total. The zero-order chi connectivity index (χ0) is 24.1. The van der Waals surface area contributed by atoms with E-state index in [1.165, 1.54) is 44.4 Å². The Morgan fingerprint density at radius 3 is 2.23 bits per heavy atom. The predicted molar refractivity (Wildman–Crippen MR) is 146 cm³/mol. The predicted octanol–water partition coefficient (Wildman–Crippen LogP) is 8.17. The highest BCUT2D eigenvalue weighted by molar-refractivity contribution is 5.95. The Morgan fingerprint density at radius 1 is 0.686 bits per heavy atom. The maximum absolute atomic E-state index is 5.06. The number of para-hydroxylation sites is 2. The molecule has 1 aliphatic rings. The number of hydrogen-bond acceptors (Lipinski definition) is 1. The van der Waals surface area contributed by atoms with E-state index < -0.39 is 0 Å². The van der Waals surface area contributed by atoms with Crippen molar-refractivity contribution in [2.24, 2.45) is 0 Å². The lowest BCUT2D eigenvalue weighted by atomic mass is 9.79. The molecule has 2 heterocycles. The molecule has 0 radical (unpaired) electrons. The van der Waals surface area contributed by atoms with Crippen LogP contribution in [0.5, 0.6) is 0 Å². The normalized spacial score (nSPS) is 14.7. The highest BCUT2D eigenvalue weighted by Gasteiger charge is 2.37. The smallest absolute Gasteiger partial charge is 0.216 e. The molecule has 3 heteroatoms. The second-order valence-corrected chi connectivity index (χ2v) is 11.3. The molecule has 172 valence electrons. The number of rotatable bonds is 1. The fourth-order valence-electron chi connectivity index (χ4n) is 6.32. The molecule has 0 saturated heterocycles. The molecule has 0 unspecified atom stereocenters. The highest BCUT2D eigenvalue weighted by Crippen LogP contribution is 2.52. The molecule has 6 aromatic rings. The van der Waals surface area contributed by atoms with Crippen molar-refractivity contribution in [2.45, 2.75) is 45.6 Å². The largest absolute Gasteiger partial charge is 0.304 e. The molecule has 7 rings (SSSR count). The summed E-state index contributed by atoms with van der Waals surface area (Å²) in [5.41, 5.74) is 12.6. The van der Waals surface area contributed by atoms with Crippen molar-refractivity contribution in [1.29, 1.82) is 0 Å². The maximum Gasteiger partial charge on any atom is 0.216 e. The lowest BCUT2D eigenvalue weighted by Gasteiger charge is -2.25. The molecule has 35 heavy (non-hydrogen) atoms. The summed E-state index contributed by atoms with van der Waals surface area (Å²) in [4.78, 5) is 5.06. The van der Waals surface area contributed by atoms with Gasteiger partial charge < -0.3 is 4.57 Å². The zero-order valence-corrected chi connectivity index (χ0v) is 20.9. The van der Waals surface area contributed by atoms with Crippen LogP contribution in [-0.2, 0) is 11.0 Å². The molecule has 0 atom stereocenters. The molecular formula is C32H29N3. The number of imidazole rings is 2. The van der Waals surface area contributed by atoms with Gasteiger partial charge in [-0.2, -0.15) is 0 Å². The summed E-state index contributed by atoms with van der Waals surface area (Å²) in [6.45, 7) is 11.5. The SMILES string of the molecule is CC1(C)c2ccccc2-c2cccc(-c3ccc4c(c3)n3c5ccccc5nc3n4C(C)(C)C)c21. The molecule has 0 aliphatic heterocycles. The number of benzene rings is 4. The van der Waals surface area contributed by atoms with E-state index in [1.807, 2.05) is 0 Å². The Kier molecular flexibility index (Phi) is 3.89. The Balaban J connectivity index is 1.56. The third kappa shape index (κ3) is 2.64. The Morgan fingerprint density at radius 2 is 1.40 bits per heavy atom. The van der Waals surface area contributed by atoms with Gasteiger partial charge in [0.2, 0.25) is 5.78 Å². The second kappa shape index (κ2) is 6.63. The molecule has 1 aliphatic carbocycles. The van der Waals surface area contributed by atoms with Crippen LogP contribution < -0.4 is 0 Å². The van der Waals surface area contributed by atoms with Crippen molar-refractivity contribution in [3.63, 3.8) is 0 Å². The summed E-state index contributed by atoms with van der Waals surface area (Å²) in [7, 11) is 0. The molecular weight excluding hydrogens is 426 g/mol. The fraction of sp³-hybridized carbons (Fsp3) is 0.219. The van der Waals surface area contributed by atoms with Gasteiger partial charge in [-0.25, -0.2) is 4.98 Å². The van der Waals surface area contributed by atoms with Gasteiger partial charge in [0.25, 0.3) is 0 Å². The lowest BCUT2D eigenvalue weighted by Crippen LogP contribution is -2.21. The quantitative estimate of drug-likeness (QED) is 0.245. The fourth-order valence-corrected chi connectivity index (χ4v) is 6.32. The van der Waals surface area contributed by atoms with Crippen molar-refractivity contribution < 1.29 is 0 Å². The van der Waals surface area contributed by atoms with Gasteiger partial charge in [-0.15, -0.1) is 0 Å². The first-order valence-corrected chi connectivity index (χ1v) is 12.4. The summed E-state index contributed by atoms with van der Waals surface area (Å²) in [5.74, 6) is 0.997. The van der Waals surface area contributed by atoms with Gasteiger partial charge >= 0.3 is 0 Å². The number of fused-ring (bicyclic) bond motifs is 8. The standard InChI is InChI=1S/C32H29N3/c1-31(2,3)35-27-18-17-20(19-28(27)34-26-16-9-8-15-25(26)33-30(34)35)21-12-10-13-23-22-11-6-7-14-24(22)32(4,5)29(21)23/h6-19H,1-5H3. The summed E-state index contributed by atoms with van der Waals surface area (Å²) in [6, 6.07) is 31.0. The van der Waals surface area contributed by atoms with Crippen LogP contribution in [0.4, 0.5) is 0 Å². The third-order valence-corrected chi connectivity index (χ3v) is 7.76. The van der Waals surface area contributed by atoms with E-state index >= 15 is 0 Å². The van der Waals surface area contributed by atoms with Gasteiger partial charge in [-0.3, -0.25) is 4.40 Å². The average molecular weight is 456 g/mol. The highest BCUT2D eigenvalue weighted by atomic mass is 15.2. The minimum absolute atomic E-state index is 0.0498. The third-order valence-electron chi connectivity index (χ3n) is 7.76. The minimum Gasteiger partial charge on any atom is -0.304 e. The van der Waals surface area contributed by atoms with E-state index in [-0.39, 0.29) is 11.0 Å². The monoisotopic (exact) mass is 455 g/mol. The summed E-state index contributed by atoms with van der Waals surface area (Å²) in [6.07, 6.45) is 0. The van der Waals surface area contributed by atoms with Crippen molar-refractivity contribution in [2.75, 3.05) is 0 Å². The Labute approximate surface area is 205 Å². The molecule has 0 saturated carbocycles. The van der Waals surface area contributed by atoms with Gasteiger partial charge in [-0.05, 0) is 78.4 Å². The van der Waals surface area contributed by atoms with Crippen LogP contribution in [0.25, 0.3) is 50.1 Å². The van der Waals surface area contributed by atoms with E-state index in [0.717, 1.165) is 16.8 Å². The van der Waals surface area contributed by atoms with E-state index in [2.05, 4.69) is 129 Å². The van der Waals surface area contributed by atoms with Crippen LogP contribution in [0.15, 0.2) is 84.9 Å². The van der Waals surface area contributed by atoms with Crippen molar-refractivity contribution in [3.05, 3.63) is 96.1 Å². The van der Waals surface area contributed by atoms with Gasteiger partial charge in [0.15, 0.2) is 0 Å². The molecule has 0 bridgehead atoms. The van der Waals surface area contributed by atoms with Crippen LogP contribution in [-0.4, -0.2) is 14.0 Å². The maximum atomic E-state index is 5.06. The minimum atomic E-state index is -0.0937. The molecule has 4 aromatic carbocycles. The number of aromatic nitrogens is 3. The van der Waals surface area contributed by atoms with Crippen LogP contribution in [0, 0.1) is 0 Å². The van der Waals surface area contributed by atoms with Gasteiger partial charge in [0, 0.05) is 11.0 Å². The van der Waals surface area contributed by atoms with Crippen LogP contribution in [0.2, 0.25) is 0 Å².